The lowest BCUT2D eigenvalue weighted by Crippen LogP contribution is -2.26. The second kappa shape index (κ2) is 9.05. The summed E-state index contributed by atoms with van der Waals surface area (Å²) in [7, 11) is 0. The minimum atomic E-state index is -0.834. The average Bonchev–Trinajstić information content (AvgIpc) is 3.36. The van der Waals surface area contributed by atoms with Crippen molar-refractivity contribution in [1.29, 1.82) is 0 Å². The van der Waals surface area contributed by atoms with Crippen molar-refractivity contribution < 1.29 is 28.6 Å². The van der Waals surface area contributed by atoms with E-state index >= 15 is 0 Å². The largest absolute Gasteiger partial charge is 0.481 e. The number of aliphatic carboxylic acids is 1. The fraction of sp³-hybridized carbons (Fsp3) is 0.269. The first-order valence-electron chi connectivity index (χ1n) is 11.2. The fourth-order valence-corrected chi connectivity index (χ4v) is 4.49. The molecule has 2 aromatic carbocycles. The van der Waals surface area contributed by atoms with Crippen molar-refractivity contribution >= 4 is 18.0 Å². The number of furan rings is 1. The summed E-state index contributed by atoms with van der Waals surface area (Å²) in [4.78, 5) is 35.4. The minimum Gasteiger partial charge on any atom is -0.481 e. The fourth-order valence-electron chi connectivity index (χ4n) is 4.49. The van der Waals surface area contributed by atoms with Crippen LogP contribution in [0.1, 0.15) is 39.8 Å². The Bertz CT molecular complexity index is 1200. The molecule has 0 spiro atoms. The summed E-state index contributed by atoms with van der Waals surface area (Å²) >= 11 is 0. The number of benzene rings is 2. The number of alkyl carbamates (subject to hydrolysis) is 1. The molecular weight excluding hydrogens is 436 g/mol. The number of nitrogens with one attached hydrogen (secondary N) is 2. The van der Waals surface area contributed by atoms with Crippen molar-refractivity contribution in [2.45, 2.75) is 18.9 Å². The van der Waals surface area contributed by atoms with Gasteiger partial charge in [0.15, 0.2) is 5.76 Å². The third-order valence-corrected chi connectivity index (χ3v) is 6.40. The minimum absolute atomic E-state index is 0.0238. The Morgan fingerprint density at radius 1 is 0.941 bits per heavy atom. The second-order valence-corrected chi connectivity index (χ2v) is 8.60. The molecule has 0 radical (unpaired) electrons. The van der Waals surface area contributed by atoms with Crippen LogP contribution in [-0.2, 0) is 16.1 Å². The molecule has 3 N–H and O–H groups in total. The van der Waals surface area contributed by atoms with E-state index in [4.69, 9.17) is 14.3 Å². The summed E-state index contributed by atoms with van der Waals surface area (Å²) in [6.45, 7) is 0.585. The highest BCUT2D eigenvalue weighted by atomic mass is 16.5. The quantitative estimate of drug-likeness (QED) is 0.471. The number of ether oxygens (including phenoxy) is 1. The number of carboxylic acids is 1. The first-order chi connectivity index (χ1) is 16.5. The normalized spacial score (nSPS) is 18.0. The van der Waals surface area contributed by atoms with Crippen LogP contribution in [0.15, 0.2) is 65.1 Å². The second-order valence-electron chi connectivity index (χ2n) is 8.60. The molecule has 1 fully saturated rings. The van der Waals surface area contributed by atoms with E-state index in [2.05, 4.69) is 34.9 Å². The Labute approximate surface area is 195 Å². The summed E-state index contributed by atoms with van der Waals surface area (Å²) in [5.41, 5.74) is 4.60. The Kier molecular flexibility index (Phi) is 5.79. The van der Waals surface area contributed by atoms with E-state index in [9.17, 15) is 14.4 Å². The third kappa shape index (κ3) is 4.39. The van der Waals surface area contributed by atoms with Gasteiger partial charge < -0.3 is 24.9 Å². The van der Waals surface area contributed by atoms with E-state index in [0.717, 1.165) is 22.3 Å². The molecule has 3 aromatic rings. The van der Waals surface area contributed by atoms with E-state index in [1.807, 2.05) is 24.3 Å². The number of amides is 2. The molecule has 8 heteroatoms. The monoisotopic (exact) mass is 460 g/mol. The van der Waals surface area contributed by atoms with Crippen molar-refractivity contribution in [3.8, 4) is 11.1 Å². The molecule has 2 aliphatic carbocycles. The molecule has 0 aliphatic heterocycles. The molecular formula is C26H24N2O6. The summed E-state index contributed by atoms with van der Waals surface area (Å²) in [6.07, 6.45) is 0.000931. The Hall–Kier alpha value is -4.07. The van der Waals surface area contributed by atoms with Gasteiger partial charge in [-0.15, -0.1) is 0 Å². The molecule has 2 unspecified atom stereocenters. The van der Waals surface area contributed by atoms with Gasteiger partial charge in [-0.25, -0.2) is 4.79 Å². The molecule has 1 aromatic heterocycles. The molecule has 1 saturated carbocycles. The van der Waals surface area contributed by atoms with Gasteiger partial charge >= 0.3 is 12.1 Å². The molecule has 2 amide bonds. The van der Waals surface area contributed by atoms with Gasteiger partial charge in [-0.3, -0.25) is 9.59 Å². The maximum absolute atomic E-state index is 12.3. The summed E-state index contributed by atoms with van der Waals surface area (Å²) in [5, 5.41) is 14.3. The highest BCUT2D eigenvalue weighted by Crippen LogP contribution is 2.44. The van der Waals surface area contributed by atoms with Crippen LogP contribution in [0.5, 0.6) is 0 Å². The van der Waals surface area contributed by atoms with Crippen LogP contribution in [0, 0.1) is 11.8 Å². The number of hydrogen-bond acceptors (Lipinski definition) is 5. The van der Waals surface area contributed by atoms with Crippen LogP contribution >= 0.6 is 0 Å². The number of carbonyl (C=O) groups is 3. The van der Waals surface area contributed by atoms with E-state index in [0.29, 0.717) is 18.7 Å². The maximum Gasteiger partial charge on any atom is 0.407 e. The Balaban J connectivity index is 1.11. The van der Waals surface area contributed by atoms with Crippen molar-refractivity contribution in [3.63, 3.8) is 0 Å². The summed E-state index contributed by atoms with van der Waals surface area (Å²) < 4.78 is 11.0. The SMILES string of the molecule is O=C(NCc1ccc(C(=O)NCC2CC2C(=O)O)o1)OCC1c2ccccc2-c2ccccc21. The number of rotatable bonds is 8. The van der Waals surface area contributed by atoms with E-state index < -0.39 is 18.0 Å². The molecule has 8 nitrogen and oxygen atoms in total. The van der Waals surface area contributed by atoms with Crippen LogP contribution in [0.4, 0.5) is 4.79 Å². The third-order valence-electron chi connectivity index (χ3n) is 6.40. The molecule has 34 heavy (non-hydrogen) atoms. The van der Waals surface area contributed by atoms with Crippen LogP contribution in [0.3, 0.4) is 0 Å². The zero-order chi connectivity index (χ0) is 23.7. The van der Waals surface area contributed by atoms with Gasteiger partial charge in [-0.05, 0) is 46.7 Å². The van der Waals surface area contributed by atoms with E-state index in [1.165, 1.54) is 6.07 Å². The number of carbonyl (C=O) groups excluding carboxylic acids is 2. The standard InChI is InChI=1S/C26H24N2O6/c29-24(27-12-15-11-21(15)25(30)31)23-10-9-16(34-23)13-28-26(32)33-14-22-19-7-3-1-5-17(19)18-6-2-4-8-20(18)22/h1-10,15,21-22H,11-14H2,(H,27,29)(H,28,32)(H,30,31). The van der Waals surface area contributed by atoms with Gasteiger partial charge in [0.2, 0.25) is 0 Å². The topological polar surface area (TPSA) is 118 Å². The molecule has 0 saturated heterocycles. The maximum atomic E-state index is 12.3. The zero-order valence-electron chi connectivity index (χ0n) is 18.3. The first kappa shape index (κ1) is 21.8. The smallest absolute Gasteiger partial charge is 0.407 e. The molecule has 174 valence electrons. The average molecular weight is 460 g/mol. The van der Waals surface area contributed by atoms with Crippen LogP contribution in [0.25, 0.3) is 11.1 Å². The first-order valence-corrected chi connectivity index (χ1v) is 11.2. The Morgan fingerprint density at radius 2 is 1.62 bits per heavy atom. The van der Waals surface area contributed by atoms with Crippen molar-refractivity contribution in [3.05, 3.63) is 83.3 Å². The van der Waals surface area contributed by atoms with Gasteiger partial charge in [-0.2, -0.15) is 0 Å². The number of fused-ring (bicyclic) bond motifs is 3. The van der Waals surface area contributed by atoms with Gasteiger partial charge in [0.1, 0.15) is 12.4 Å². The van der Waals surface area contributed by atoms with Crippen LogP contribution < -0.4 is 10.6 Å². The molecule has 2 aliphatic rings. The predicted octanol–water partition coefficient (Wildman–Crippen LogP) is 3.77. The van der Waals surface area contributed by atoms with Crippen molar-refractivity contribution in [2.24, 2.45) is 11.8 Å². The van der Waals surface area contributed by atoms with Gasteiger partial charge in [0, 0.05) is 12.5 Å². The highest BCUT2D eigenvalue weighted by Gasteiger charge is 2.43. The van der Waals surface area contributed by atoms with Gasteiger partial charge in [-0.1, -0.05) is 48.5 Å². The van der Waals surface area contributed by atoms with Crippen LogP contribution in [-0.4, -0.2) is 36.2 Å². The van der Waals surface area contributed by atoms with Crippen molar-refractivity contribution in [2.75, 3.05) is 13.2 Å². The van der Waals surface area contributed by atoms with Gasteiger partial charge in [0.05, 0.1) is 12.5 Å². The lowest BCUT2D eigenvalue weighted by molar-refractivity contribution is -0.138. The summed E-state index contributed by atoms with van der Waals surface area (Å²) in [5.74, 6) is -1.17. The van der Waals surface area contributed by atoms with Crippen LogP contribution in [0.2, 0.25) is 0 Å². The highest BCUT2D eigenvalue weighted by molar-refractivity contribution is 5.91. The predicted molar refractivity (Wildman–Crippen MR) is 122 cm³/mol. The Morgan fingerprint density at radius 3 is 2.26 bits per heavy atom. The van der Waals surface area contributed by atoms with E-state index in [1.54, 1.807) is 6.07 Å². The van der Waals surface area contributed by atoms with Gasteiger partial charge in [0.25, 0.3) is 5.91 Å². The zero-order valence-corrected chi connectivity index (χ0v) is 18.3. The molecule has 2 atom stereocenters. The lowest BCUT2D eigenvalue weighted by atomic mass is 9.98. The van der Waals surface area contributed by atoms with E-state index in [-0.39, 0.29) is 36.7 Å². The number of hydrogen-bond donors (Lipinski definition) is 3. The lowest BCUT2D eigenvalue weighted by Gasteiger charge is -2.14. The van der Waals surface area contributed by atoms with Crippen molar-refractivity contribution in [1.82, 2.24) is 10.6 Å². The molecule has 1 heterocycles. The molecule has 5 rings (SSSR count). The molecule has 0 bridgehead atoms. The summed E-state index contributed by atoms with van der Waals surface area (Å²) in [6, 6.07) is 19.4. The number of carboxylic acid groups (broad SMARTS) is 1.